The van der Waals surface area contributed by atoms with E-state index in [0.29, 0.717) is 17.1 Å². The van der Waals surface area contributed by atoms with Crippen LogP contribution in [0.2, 0.25) is 0 Å². The van der Waals surface area contributed by atoms with Gasteiger partial charge in [0.05, 0.1) is 11.0 Å². The van der Waals surface area contributed by atoms with Crippen molar-refractivity contribution in [3.05, 3.63) is 52.5 Å². The molecule has 1 unspecified atom stereocenters. The number of hydrogen-bond donors (Lipinski definition) is 1. The topological polar surface area (TPSA) is 63.6 Å². The zero-order valence-electron chi connectivity index (χ0n) is 11.6. The monoisotopic (exact) mass is 370 g/mol. The fraction of sp³-hybridized carbons (Fsp3) is 0.200. The standard InChI is InChI=1S/C15H15BrO4S/c1-10(17)14-9-11(16)3-8-15(14)20-12-4-6-13(7-5-12)21(2,18)19/h3-10,17H,1-2H3. The molecule has 0 spiro atoms. The maximum Gasteiger partial charge on any atom is 0.175 e. The second-order valence-corrected chi connectivity index (χ2v) is 7.64. The van der Waals surface area contributed by atoms with E-state index < -0.39 is 15.9 Å². The Morgan fingerprint density at radius 3 is 2.29 bits per heavy atom. The van der Waals surface area contributed by atoms with Gasteiger partial charge in [-0.15, -0.1) is 0 Å². The summed E-state index contributed by atoms with van der Waals surface area (Å²) in [6, 6.07) is 11.5. The van der Waals surface area contributed by atoms with Crippen LogP contribution >= 0.6 is 15.9 Å². The molecule has 2 aromatic carbocycles. The molecule has 21 heavy (non-hydrogen) atoms. The molecule has 0 saturated carbocycles. The SMILES string of the molecule is CC(O)c1cc(Br)ccc1Oc1ccc(S(C)(=O)=O)cc1. The van der Waals surface area contributed by atoms with Crippen LogP contribution in [0.4, 0.5) is 0 Å². The highest BCUT2D eigenvalue weighted by Crippen LogP contribution is 2.32. The van der Waals surface area contributed by atoms with E-state index in [1.165, 1.54) is 12.1 Å². The lowest BCUT2D eigenvalue weighted by Crippen LogP contribution is -1.98. The van der Waals surface area contributed by atoms with E-state index in [4.69, 9.17) is 4.74 Å². The summed E-state index contributed by atoms with van der Waals surface area (Å²) in [7, 11) is -3.22. The summed E-state index contributed by atoms with van der Waals surface area (Å²) < 4.78 is 29.4. The number of aliphatic hydroxyl groups excluding tert-OH is 1. The molecule has 4 nitrogen and oxygen atoms in total. The Kier molecular flexibility index (Phi) is 4.70. The Morgan fingerprint density at radius 1 is 1.14 bits per heavy atom. The van der Waals surface area contributed by atoms with Crippen LogP contribution in [0.1, 0.15) is 18.6 Å². The smallest absolute Gasteiger partial charge is 0.175 e. The Morgan fingerprint density at radius 2 is 1.76 bits per heavy atom. The van der Waals surface area contributed by atoms with Crippen molar-refractivity contribution in [1.82, 2.24) is 0 Å². The molecule has 0 bridgehead atoms. The Labute approximate surface area is 132 Å². The van der Waals surface area contributed by atoms with Crippen LogP contribution in [0, 0.1) is 0 Å². The van der Waals surface area contributed by atoms with E-state index in [0.717, 1.165) is 10.7 Å². The van der Waals surface area contributed by atoms with Gasteiger partial charge in [-0.2, -0.15) is 0 Å². The van der Waals surface area contributed by atoms with Crippen molar-refractivity contribution >= 4 is 25.8 Å². The summed E-state index contributed by atoms with van der Waals surface area (Å²) in [5, 5.41) is 9.78. The van der Waals surface area contributed by atoms with Gasteiger partial charge in [-0.3, -0.25) is 0 Å². The van der Waals surface area contributed by atoms with E-state index in [2.05, 4.69) is 15.9 Å². The minimum atomic E-state index is -3.22. The van der Waals surface area contributed by atoms with Gasteiger partial charge in [0.15, 0.2) is 9.84 Å². The van der Waals surface area contributed by atoms with E-state index >= 15 is 0 Å². The third-order valence-corrected chi connectivity index (χ3v) is 4.52. The first-order valence-corrected chi connectivity index (χ1v) is 8.91. The number of sulfone groups is 1. The van der Waals surface area contributed by atoms with E-state index in [1.54, 1.807) is 31.2 Å². The molecule has 0 aliphatic heterocycles. The molecule has 1 N–H and O–H groups in total. The highest BCUT2D eigenvalue weighted by Gasteiger charge is 2.12. The van der Waals surface area contributed by atoms with Gasteiger partial charge in [-0.05, 0) is 49.4 Å². The average Bonchev–Trinajstić information content (AvgIpc) is 2.40. The van der Waals surface area contributed by atoms with Gasteiger partial charge in [0.25, 0.3) is 0 Å². The molecule has 6 heteroatoms. The summed E-state index contributed by atoms with van der Waals surface area (Å²) in [4.78, 5) is 0.237. The van der Waals surface area contributed by atoms with Crippen LogP contribution in [0.3, 0.4) is 0 Å². The number of benzene rings is 2. The zero-order valence-corrected chi connectivity index (χ0v) is 14.0. The lowest BCUT2D eigenvalue weighted by atomic mass is 10.1. The Balaban J connectivity index is 2.30. The molecule has 0 aliphatic carbocycles. The van der Waals surface area contributed by atoms with Crippen LogP contribution in [-0.2, 0) is 9.84 Å². The van der Waals surface area contributed by atoms with Gasteiger partial charge in [0.2, 0.25) is 0 Å². The highest BCUT2D eigenvalue weighted by molar-refractivity contribution is 9.10. The van der Waals surface area contributed by atoms with Crippen molar-refractivity contribution < 1.29 is 18.3 Å². The normalized spacial score (nSPS) is 13.0. The van der Waals surface area contributed by atoms with Crippen molar-refractivity contribution in [3.63, 3.8) is 0 Å². The molecule has 0 aliphatic rings. The Hall–Kier alpha value is -1.37. The van der Waals surface area contributed by atoms with Crippen LogP contribution in [-0.4, -0.2) is 19.8 Å². The van der Waals surface area contributed by atoms with Gasteiger partial charge in [0.1, 0.15) is 11.5 Å². The minimum absolute atomic E-state index is 0.237. The van der Waals surface area contributed by atoms with Gasteiger partial charge in [-0.25, -0.2) is 8.42 Å². The lowest BCUT2D eigenvalue weighted by Gasteiger charge is -2.13. The van der Waals surface area contributed by atoms with Crippen LogP contribution < -0.4 is 4.74 Å². The molecule has 2 rings (SSSR count). The second kappa shape index (κ2) is 6.17. The van der Waals surface area contributed by atoms with Gasteiger partial charge in [0, 0.05) is 16.3 Å². The molecule has 1 atom stereocenters. The van der Waals surface area contributed by atoms with E-state index in [9.17, 15) is 13.5 Å². The fourth-order valence-electron chi connectivity index (χ4n) is 1.82. The largest absolute Gasteiger partial charge is 0.457 e. The summed E-state index contributed by atoms with van der Waals surface area (Å²) in [6.45, 7) is 1.65. The molecule has 112 valence electrons. The van der Waals surface area contributed by atoms with Crippen molar-refractivity contribution in [2.45, 2.75) is 17.9 Å². The maximum absolute atomic E-state index is 11.4. The maximum atomic E-state index is 11.4. The quantitative estimate of drug-likeness (QED) is 0.890. The first-order valence-electron chi connectivity index (χ1n) is 6.23. The summed E-state index contributed by atoms with van der Waals surface area (Å²) in [5.74, 6) is 1.03. The predicted octanol–water partition coefficient (Wildman–Crippen LogP) is 3.70. The van der Waals surface area contributed by atoms with Crippen molar-refractivity contribution in [2.24, 2.45) is 0 Å². The van der Waals surface area contributed by atoms with Gasteiger partial charge < -0.3 is 9.84 Å². The van der Waals surface area contributed by atoms with Gasteiger partial charge in [-0.1, -0.05) is 15.9 Å². The van der Waals surface area contributed by atoms with Crippen molar-refractivity contribution in [1.29, 1.82) is 0 Å². The zero-order chi connectivity index (χ0) is 15.6. The second-order valence-electron chi connectivity index (χ2n) is 4.70. The Bertz CT molecular complexity index is 737. The summed E-state index contributed by atoms with van der Waals surface area (Å²) in [6.07, 6.45) is 0.483. The molecule has 0 fully saturated rings. The first kappa shape index (κ1) is 16.0. The van der Waals surface area contributed by atoms with Crippen LogP contribution in [0.15, 0.2) is 51.8 Å². The van der Waals surface area contributed by atoms with Crippen LogP contribution in [0.25, 0.3) is 0 Å². The summed E-state index contributed by atoms with van der Waals surface area (Å²) in [5.41, 5.74) is 0.650. The number of aliphatic hydroxyl groups is 1. The minimum Gasteiger partial charge on any atom is -0.457 e. The van der Waals surface area contributed by atoms with E-state index in [-0.39, 0.29) is 4.90 Å². The number of ether oxygens (including phenoxy) is 1. The number of rotatable bonds is 4. The average molecular weight is 371 g/mol. The predicted molar refractivity (Wildman–Crippen MR) is 84.4 cm³/mol. The molecular formula is C15H15BrO4S. The third-order valence-electron chi connectivity index (χ3n) is 2.90. The van der Waals surface area contributed by atoms with Crippen LogP contribution in [0.5, 0.6) is 11.5 Å². The molecule has 0 aromatic heterocycles. The highest BCUT2D eigenvalue weighted by atomic mass is 79.9. The molecule has 0 heterocycles. The third kappa shape index (κ3) is 4.06. The van der Waals surface area contributed by atoms with E-state index in [1.807, 2.05) is 6.07 Å². The summed E-state index contributed by atoms with van der Waals surface area (Å²) >= 11 is 3.35. The lowest BCUT2D eigenvalue weighted by molar-refractivity contribution is 0.195. The fourth-order valence-corrected chi connectivity index (χ4v) is 2.83. The first-order chi connectivity index (χ1) is 9.77. The van der Waals surface area contributed by atoms with Crippen molar-refractivity contribution in [2.75, 3.05) is 6.26 Å². The van der Waals surface area contributed by atoms with Crippen molar-refractivity contribution in [3.8, 4) is 11.5 Å². The molecule has 0 saturated heterocycles. The number of halogens is 1. The number of hydrogen-bond acceptors (Lipinski definition) is 4. The van der Waals surface area contributed by atoms with Gasteiger partial charge >= 0.3 is 0 Å². The molecule has 0 radical (unpaired) electrons. The molecule has 0 amide bonds. The molecule has 2 aromatic rings. The molecular weight excluding hydrogens is 356 g/mol.